The third-order valence-electron chi connectivity index (χ3n) is 2.56. The number of unbranched alkanes of at least 4 members (excludes halogenated alkanes) is 1. The van der Waals surface area contributed by atoms with Crippen LogP contribution in [0.25, 0.3) is 0 Å². The molecule has 0 atom stereocenters. The fourth-order valence-corrected chi connectivity index (χ4v) is 1.58. The van der Waals surface area contributed by atoms with Crippen LogP contribution in [0, 0.1) is 0 Å². The van der Waals surface area contributed by atoms with Crippen molar-refractivity contribution in [3.05, 3.63) is 11.9 Å². The molecule has 0 aliphatic carbocycles. The summed E-state index contributed by atoms with van der Waals surface area (Å²) < 4.78 is 5.49. The van der Waals surface area contributed by atoms with Gasteiger partial charge in [-0.3, -0.25) is 0 Å². The maximum atomic E-state index is 5.49. The molecule has 0 spiro atoms. The molecule has 0 bridgehead atoms. The van der Waals surface area contributed by atoms with Gasteiger partial charge in [-0.05, 0) is 26.7 Å². The highest BCUT2D eigenvalue weighted by Gasteiger charge is 2.02. The highest BCUT2D eigenvalue weighted by atomic mass is 16.5. The summed E-state index contributed by atoms with van der Waals surface area (Å²) in [5.41, 5.74) is 2.55. The van der Waals surface area contributed by atoms with E-state index in [1.807, 2.05) is 26.8 Å². The number of nitrogens with one attached hydrogen (secondary N) is 2. The summed E-state index contributed by atoms with van der Waals surface area (Å²) in [6.45, 7) is 7.78. The molecule has 108 valence electrons. The van der Waals surface area contributed by atoms with Gasteiger partial charge in [-0.1, -0.05) is 6.92 Å². The first-order chi connectivity index (χ1) is 9.15. The van der Waals surface area contributed by atoms with Crippen molar-refractivity contribution in [2.24, 2.45) is 5.84 Å². The van der Waals surface area contributed by atoms with Crippen molar-refractivity contribution in [1.29, 1.82) is 0 Å². The highest BCUT2D eigenvalue weighted by Crippen LogP contribution is 2.10. The quantitative estimate of drug-likeness (QED) is 0.360. The molecule has 1 heterocycles. The van der Waals surface area contributed by atoms with Gasteiger partial charge in [-0.2, -0.15) is 0 Å². The van der Waals surface area contributed by atoms with Gasteiger partial charge in [-0.15, -0.1) is 0 Å². The number of rotatable bonds is 9. The zero-order valence-electron chi connectivity index (χ0n) is 12.1. The molecular formula is C13H25N5O. The fourth-order valence-electron chi connectivity index (χ4n) is 1.58. The van der Waals surface area contributed by atoms with E-state index < -0.39 is 0 Å². The van der Waals surface area contributed by atoms with Gasteiger partial charge in [0.1, 0.15) is 17.5 Å². The lowest BCUT2D eigenvalue weighted by atomic mass is 10.3. The Morgan fingerprint density at radius 2 is 2.00 bits per heavy atom. The van der Waals surface area contributed by atoms with Crippen molar-refractivity contribution in [2.75, 3.05) is 23.9 Å². The standard InChI is InChI=1S/C13H25N5O/c1-4-11-16-12(9-13(17-11)18-14)15-7-5-6-8-19-10(2)3/h9-10H,4-8,14H2,1-3H3,(H2,15,16,17,18). The molecule has 0 saturated heterocycles. The normalized spacial score (nSPS) is 10.8. The predicted molar refractivity (Wildman–Crippen MR) is 78.0 cm³/mol. The summed E-state index contributed by atoms with van der Waals surface area (Å²) in [6, 6.07) is 1.81. The van der Waals surface area contributed by atoms with Crippen LogP contribution < -0.4 is 16.6 Å². The smallest absolute Gasteiger partial charge is 0.145 e. The Labute approximate surface area is 115 Å². The van der Waals surface area contributed by atoms with Crippen LogP contribution in [0.1, 0.15) is 39.4 Å². The maximum Gasteiger partial charge on any atom is 0.145 e. The minimum atomic E-state index is 0.306. The lowest BCUT2D eigenvalue weighted by Gasteiger charge is -2.10. The van der Waals surface area contributed by atoms with E-state index in [2.05, 4.69) is 20.7 Å². The number of hydrogen-bond acceptors (Lipinski definition) is 6. The Morgan fingerprint density at radius 3 is 2.63 bits per heavy atom. The number of anilines is 2. The summed E-state index contributed by atoms with van der Waals surface area (Å²) >= 11 is 0. The molecule has 6 nitrogen and oxygen atoms in total. The molecule has 0 aliphatic heterocycles. The molecule has 0 radical (unpaired) electrons. The number of aryl methyl sites for hydroxylation is 1. The lowest BCUT2D eigenvalue weighted by molar-refractivity contribution is 0.0765. The summed E-state index contributed by atoms with van der Waals surface area (Å²) in [7, 11) is 0. The highest BCUT2D eigenvalue weighted by molar-refractivity contribution is 5.46. The van der Waals surface area contributed by atoms with Crippen LogP contribution in [0.4, 0.5) is 11.6 Å². The summed E-state index contributed by atoms with van der Waals surface area (Å²) in [6.07, 6.45) is 3.18. The summed E-state index contributed by atoms with van der Waals surface area (Å²) in [4.78, 5) is 8.64. The van der Waals surface area contributed by atoms with Crippen LogP contribution in [0.2, 0.25) is 0 Å². The van der Waals surface area contributed by atoms with Crippen molar-refractivity contribution >= 4 is 11.6 Å². The number of nitrogens with zero attached hydrogens (tertiary/aromatic N) is 2. The van der Waals surface area contributed by atoms with E-state index >= 15 is 0 Å². The topological polar surface area (TPSA) is 85.1 Å². The molecule has 19 heavy (non-hydrogen) atoms. The van der Waals surface area contributed by atoms with Gasteiger partial charge in [0.25, 0.3) is 0 Å². The van der Waals surface area contributed by atoms with E-state index in [-0.39, 0.29) is 0 Å². The number of aromatic nitrogens is 2. The van der Waals surface area contributed by atoms with Gasteiger partial charge < -0.3 is 15.5 Å². The second-order valence-electron chi connectivity index (χ2n) is 4.61. The molecule has 0 unspecified atom stereocenters. The summed E-state index contributed by atoms with van der Waals surface area (Å²) in [5.74, 6) is 7.61. The summed E-state index contributed by atoms with van der Waals surface area (Å²) in [5, 5.41) is 3.28. The molecule has 1 aromatic rings. The van der Waals surface area contributed by atoms with Crippen LogP contribution in [0.5, 0.6) is 0 Å². The van der Waals surface area contributed by atoms with E-state index in [9.17, 15) is 0 Å². The van der Waals surface area contributed by atoms with Crippen molar-refractivity contribution in [3.63, 3.8) is 0 Å². The van der Waals surface area contributed by atoms with Crippen LogP contribution in [-0.2, 0) is 11.2 Å². The van der Waals surface area contributed by atoms with Gasteiger partial charge in [0.05, 0.1) is 6.10 Å². The molecule has 1 aromatic heterocycles. The maximum absolute atomic E-state index is 5.49. The van der Waals surface area contributed by atoms with Crippen LogP contribution in [-0.4, -0.2) is 29.2 Å². The largest absolute Gasteiger partial charge is 0.379 e. The Bertz CT molecular complexity index is 348. The molecular weight excluding hydrogens is 242 g/mol. The van der Waals surface area contributed by atoms with Gasteiger partial charge in [0.15, 0.2) is 0 Å². The zero-order chi connectivity index (χ0) is 14.1. The number of ether oxygens (including phenoxy) is 1. The van der Waals surface area contributed by atoms with Crippen LogP contribution in [0.3, 0.4) is 0 Å². The average Bonchev–Trinajstić information content (AvgIpc) is 2.41. The van der Waals surface area contributed by atoms with E-state index in [1.54, 1.807) is 0 Å². The van der Waals surface area contributed by atoms with E-state index in [4.69, 9.17) is 10.6 Å². The second-order valence-corrected chi connectivity index (χ2v) is 4.61. The third kappa shape index (κ3) is 6.35. The average molecular weight is 267 g/mol. The van der Waals surface area contributed by atoms with Crippen LogP contribution >= 0.6 is 0 Å². The number of nitrogens with two attached hydrogens (primary N) is 1. The second kappa shape index (κ2) is 8.66. The predicted octanol–water partition coefficient (Wildman–Crippen LogP) is 1.94. The minimum absolute atomic E-state index is 0.306. The molecule has 6 heteroatoms. The molecule has 0 aliphatic rings. The van der Waals surface area contributed by atoms with Crippen molar-refractivity contribution in [3.8, 4) is 0 Å². The van der Waals surface area contributed by atoms with E-state index in [1.165, 1.54) is 0 Å². The van der Waals surface area contributed by atoms with Crippen molar-refractivity contribution < 1.29 is 4.74 Å². The first-order valence-electron chi connectivity index (χ1n) is 6.85. The minimum Gasteiger partial charge on any atom is -0.379 e. The first kappa shape index (κ1) is 15.7. The van der Waals surface area contributed by atoms with Gasteiger partial charge in [0.2, 0.25) is 0 Å². The number of hydrazine groups is 1. The fraction of sp³-hybridized carbons (Fsp3) is 0.692. The zero-order valence-corrected chi connectivity index (χ0v) is 12.1. The molecule has 0 aromatic carbocycles. The Kier molecular flexibility index (Phi) is 7.14. The van der Waals surface area contributed by atoms with Crippen LogP contribution in [0.15, 0.2) is 6.07 Å². The molecule has 0 amide bonds. The number of hydrogen-bond donors (Lipinski definition) is 3. The third-order valence-corrected chi connectivity index (χ3v) is 2.56. The van der Waals surface area contributed by atoms with Gasteiger partial charge in [-0.25, -0.2) is 15.8 Å². The van der Waals surface area contributed by atoms with Gasteiger partial charge in [0, 0.05) is 25.6 Å². The Morgan fingerprint density at radius 1 is 1.26 bits per heavy atom. The molecule has 1 rings (SSSR count). The van der Waals surface area contributed by atoms with Crippen molar-refractivity contribution in [2.45, 2.75) is 46.1 Å². The van der Waals surface area contributed by atoms with E-state index in [0.717, 1.165) is 44.1 Å². The van der Waals surface area contributed by atoms with E-state index in [0.29, 0.717) is 11.9 Å². The SMILES string of the molecule is CCc1nc(NN)cc(NCCCCOC(C)C)n1. The lowest BCUT2D eigenvalue weighted by Crippen LogP contribution is -2.13. The van der Waals surface area contributed by atoms with Crippen molar-refractivity contribution in [1.82, 2.24) is 9.97 Å². The van der Waals surface area contributed by atoms with Gasteiger partial charge >= 0.3 is 0 Å². The Hall–Kier alpha value is -1.40. The molecule has 0 fully saturated rings. The molecule has 4 N–H and O–H groups in total. The molecule has 0 saturated carbocycles. The Balaban J connectivity index is 2.32. The first-order valence-corrected chi connectivity index (χ1v) is 6.85. The monoisotopic (exact) mass is 267 g/mol. The number of nitrogen functional groups attached to an aromatic ring is 1.